The molecule has 0 atom stereocenters. The van der Waals surface area contributed by atoms with Gasteiger partial charge in [-0.1, -0.05) is 0 Å². The Kier molecular flexibility index (Phi) is 7.20. The smallest absolute Gasteiger partial charge is 0.269 e. The van der Waals surface area contributed by atoms with Crippen molar-refractivity contribution in [3.05, 3.63) is 58.6 Å². The molecule has 0 amide bonds. The Morgan fingerprint density at radius 2 is 1.69 bits per heavy atom. The molecule has 2 aromatic carbocycles. The van der Waals surface area contributed by atoms with E-state index in [1.165, 1.54) is 12.1 Å². The fourth-order valence-corrected chi connectivity index (χ4v) is 3.31. The molecule has 1 N–H and O–H groups in total. The maximum Gasteiger partial charge on any atom is 0.269 e. The van der Waals surface area contributed by atoms with Gasteiger partial charge in [0.15, 0.2) is 5.11 Å². The molecule has 0 bridgehead atoms. The minimum Gasteiger partial charge on any atom is -0.497 e. The molecular weight excluding hydrogens is 392 g/mol. The fourth-order valence-electron chi connectivity index (χ4n) is 3.01. The van der Waals surface area contributed by atoms with Gasteiger partial charge in [-0.15, -0.1) is 0 Å². The number of anilines is 1. The van der Waals surface area contributed by atoms with E-state index in [2.05, 4.69) is 15.1 Å². The van der Waals surface area contributed by atoms with Crippen molar-refractivity contribution in [1.82, 2.24) is 9.80 Å². The van der Waals surface area contributed by atoms with Gasteiger partial charge in [0.2, 0.25) is 0 Å². The van der Waals surface area contributed by atoms with Gasteiger partial charge in [-0.3, -0.25) is 15.0 Å². The molecule has 1 saturated heterocycles. The summed E-state index contributed by atoms with van der Waals surface area (Å²) in [4.78, 5) is 14.8. The number of benzene rings is 2. The minimum absolute atomic E-state index is 0.0620. The summed E-state index contributed by atoms with van der Waals surface area (Å²) in [6.45, 7) is 4.91. The van der Waals surface area contributed by atoms with Crippen molar-refractivity contribution in [3.63, 3.8) is 0 Å². The van der Waals surface area contributed by atoms with E-state index in [-0.39, 0.29) is 5.69 Å². The average molecular weight is 417 g/mol. The number of hydrogen-bond acceptors (Lipinski definition) is 6. The van der Waals surface area contributed by atoms with Crippen molar-refractivity contribution < 1.29 is 14.4 Å². The zero-order valence-corrected chi connectivity index (χ0v) is 17.1. The molecule has 0 aliphatic carbocycles. The Bertz CT molecular complexity index is 821. The van der Waals surface area contributed by atoms with Crippen molar-refractivity contribution in [3.8, 4) is 11.5 Å². The first-order valence-electron chi connectivity index (χ1n) is 9.35. The van der Waals surface area contributed by atoms with Crippen LogP contribution in [0.1, 0.15) is 0 Å². The van der Waals surface area contributed by atoms with Crippen molar-refractivity contribution in [2.24, 2.45) is 0 Å². The average Bonchev–Trinajstić information content (AvgIpc) is 2.75. The molecule has 0 saturated carbocycles. The Morgan fingerprint density at radius 3 is 2.28 bits per heavy atom. The quantitative estimate of drug-likeness (QED) is 0.419. The number of piperazine rings is 1. The largest absolute Gasteiger partial charge is 0.497 e. The molecule has 1 fully saturated rings. The molecule has 0 aromatic heterocycles. The van der Waals surface area contributed by atoms with E-state index in [9.17, 15) is 10.1 Å². The number of thiocarbonyl (C=S) groups is 1. The summed E-state index contributed by atoms with van der Waals surface area (Å²) in [6.07, 6.45) is 0. The van der Waals surface area contributed by atoms with Gasteiger partial charge < -0.3 is 19.7 Å². The standard InChI is InChI=1S/C20H24N4O4S/c1-27-18-6-8-19(9-7-18)28-15-14-22-10-12-23(13-11-22)20(29)21-16-2-4-17(5-3-16)24(25)26/h2-9H,10-15H2,1H3,(H,21,29). The van der Waals surface area contributed by atoms with Gasteiger partial charge in [0.05, 0.1) is 12.0 Å². The summed E-state index contributed by atoms with van der Waals surface area (Å²) >= 11 is 5.48. The van der Waals surface area contributed by atoms with E-state index in [4.69, 9.17) is 21.7 Å². The minimum atomic E-state index is -0.417. The lowest BCUT2D eigenvalue weighted by Gasteiger charge is -2.36. The van der Waals surface area contributed by atoms with Gasteiger partial charge in [-0.05, 0) is 48.6 Å². The van der Waals surface area contributed by atoms with Crippen LogP contribution in [0.4, 0.5) is 11.4 Å². The van der Waals surface area contributed by atoms with Crippen LogP contribution in [0.2, 0.25) is 0 Å². The maximum atomic E-state index is 10.7. The first-order chi connectivity index (χ1) is 14.0. The van der Waals surface area contributed by atoms with E-state index >= 15 is 0 Å². The van der Waals surface area contributed by atoms with Gasteiger partial charge in [0.1, 0.15) is 18.1 Å². The van der Waals surface area contributed by atoms with E-state index in [1.807, 2.05) is 24.3 Å². The lowest BCUT2D eigenvalue weighted by molar-refractivity contribution is -0.384. The van der Waals surface area contributed by atoms with Crippen LogP contribution in [0.3, 0.4) is 0 Å². The Morgan fingerprint density at radius 1 is 1.07 bits per heavy atom. The van der Waals surface area contributed by atoms with Gasteiger partial charge in [0, 0.05) is 50.5 Å². The molecule has 29 heavy (non-hydrogen) atoms. The van der Waals surface area contributed by atoms with Crippen LogP contribution < -0.4 is 14.8 Å². The highest BCUT2D eigenvalue weighted by Gasteiger charge is 2.19. The number of nitrogens with one attached hydrogen (secondary N) is 1. The van der Waals surface area contributed by atoms with E-state index in [0.717, 1.165) is 49.9 Å². The zero-order chi connectivity index (χ0) is 20.6. The van der Waals surface area contributed by atoms with Crippen LogP contribution in [0, 0.1) is 10.1 Å². The van der Waals surface area contributed by atoms with Crippen LogP contribution in [-0.4, -0.2) is 66.3 Å². The normalized spacial score (nSPS) is 14.3. The molecule has 9 heteroatoms. The van der Waals surface area contributed by atoms with Crippen LogP contribution in [0.15, 0.2) is 48.5 Å². The molecule has 0 radical (unpaired) electrons. The number of nitro groups is 1. The Labute approximate surface area is 175 Å². The number of rotatable bonds is 7. The fraction of sp³-hybridized carbons (Fsp3) is 0.350. The Balaban J connectivity index is 1.37. The third-order valence-corrected chi connectivity index (χ3v) is 5.08. The van der Waals surface area contributed by atoms with Gasteiger partial charge in [0.25, 0.3) is 5.69 Å². The number of non-ortho nitro benzene ring substituents is 1. The predicted molar refractivity (Wildman–Crippen MR) is 116 cm³/mol. The molecule has 1 aliphatic rings. The predicted octanol–water partition coefficient (Wildman–Crippen LogP) is 3.00. The second-order valence-electron chi connectivity index (χ2n) is 6.59. The number of nitrogens with zero attached hydrogens (tertiary/aromatic N) is 3. The molecule has 8 nitrogen and oxygen atoms in total. The highest BCUT2D eigenvalue weighted by Crippen LogP contribution is 2.18. The van der Waals surface area contributed by atoms with Gasteiger partial charge >= 0.3 is 0 Å². The Hall–Kier alpha value is -2.91. The molecule has 1 aliphatic heterocycles. The highest BCUT2D eigenvalue weighted by molar-refractivity contribution is 7.80. The van der Waals surface area contributed by atoms with E-state index in [1.54, 1.807) is 19.2 Å². The molecule has 0 spiro atoms. The molecule has 2 aromatic rings. The zero-order valence-electron chi connectivity index (χ0n) is 16.2. The first kappa shape index (κ1) is 20.8. The highest BCUT2D eigenvalue weighted by atomic mass is 32.1. The van der Waals surface area contributed by atoms with Gasteiger partial charge in [-0.25, -0.2) is 0 Å². The molecule has 0 unspecified atom stereocenters. The lowest BCUT2D eigenvalue weighted by Crippen LogP contribution is -2.50. The number of methoxy groups -OCH3 is 1. The van der Waals surface area contributed by atoms with Crippen molar-refractivity contribution in [1.29, 1.82) is 0 Å². The van der Waals surface area contributed by atoms with Gasteiger partial charge in [-0.2, -0.15) is 0 Å². The molecule has 1 heterocycles. The third-order valence-electron chi connectivity index (χ3n) is 4.72. The lowest BCUT2D eigenvalue weighted by atomic mass is 10.3. The van der Waals surface area contributed by atoms with Crippen molar-refractivity contribution in [2.75, 3.05) is 51.8 Å². The number of hydrogen-bond donors (Lipinski definition) is 1. The van der Waals surface area contributed by atoms with Crippen LogP contribution in [-0.2, 0) is 0 Å². The topological polar surface area (TPSA) is 80.1 Å². The second kappa shape index (κ2) is 10.0. The van der Waals surface area contributed by atoms with E-state index in [0.29, 0.717) is 11.7 Å². The summed E-state index contributed by atoms with van der Waals surface area (Å²) < 4.78 is 10.9. The van der Waals surface area contributed by atoms with Crippen LogP contribution in [0.25, 0.3) is 0 Å². The first-order valence-corrected chi connectivity index (χ1v) is 9.75. The maximum absolute atomic E-state index is 10.7. The number of nitro benzene ring substituents is 1. The van der Waals surface area contributed by atoms with Crippen molar-refractivity contribution in [2.45, 2.75) is 0 Å². The molecule has 3 rings (SSSR count). The monoisotopic (exact) mass is 416 g/mol. The molecule has 154 valence electrons. The van der Waals surface area contributed by atoms with E-state index < -0.39 is 4.92 Å². The van der Waals surface area contributed by atoms with Crippen LogP contribution in [0.5, 0.6) is 11.5 Å². The number of ether oxygens (including phenoxy) is 2. The summed E-state index contributed by atoms with van der Waals surface area (Å²) in [7, 11) is 1.64. The SMILES string of the molecule is COc1ccc(OCCN2CCN(C(=S)Nc3ccc([N+](=O)[O-])cc3)CC2)cc1. The summed E-state index contributed by atoms with van der Waals surface area (Å²) in [5, 5.41) is 14.5. The van der Waals surface area contributed by atoms with Crippen LogP contribution >= 0.6 is 12.2 Å². The summed E-state index contributed by atoms with van der Waals surface area (Å²) in [6, 6.07) is 13.8. The third kappa shape index (κ3) is 6.03. The molecular formula is C20H24N4O4S. The summed E-state index contributed by atoms with van der Waals surface area (Å²) in [5.41, 5.74) is 0.808. The second-order valence-corrected chi connectivity index (χ2v) is 6.97. The van der Waals surface area contributed by atoms with Crippen molar-refractivity contribution >= 4 is 28.7 Å². The summed E-state index contributed by atoms with van der Waals surface area (Å²) in [5.74, 6) is 1.64.